The number of nitrogens with zero attached hydrogens (tertiary/aromatic N) is 5. The quantitative estimate of drug-likeness (QED) is 0.540. The van der Waals surface area contributed by atoms with Crippen LogP contribution in [0.4, 0.5) is 11.5 Å². The van der Waals surface area contributed by atoms with Gasteiger partial charge in [0.25, 0.3) is 0 Å². The lowest BCUT2D eigenvalue weighted by atomic mass is 10.0. The summed E-state index contributed by atoms with van der Waals surface area (Å²) in [6.07, 6.45) is 4.83. The Hall–Kier alpha value is -4.05. The van der Waals surface area contributed by atoms with Gasteiger partial charge >= 0.3 is 0 Å². The van der Waals surface area contributed by atoms with Gasteiger partial charge in [-0.1, -0.05) is 18.2 Å². The van der Waals surface area contributed by atoms with E-state index in [-0.39, 0.29) is 0 Å². The van der Waals surface area contributed by atoms with E-state index in [1.54, 1.807) is 38.8 Å². The second kappa shape index (κ2) is 7.29. The van der Waals surface area contributed by atoms with Gasteiger partial charge < -0.3 is 10.1 Å². The average molecular weight is 368 g/mol. The molecule has 7 heteroatoms. The van der Waals surface area contributed by atoms with E-state index >= 15 is 0 Å². The summed E-state index contributed by atoms with van der Waals surface area (Å²) >= 11 is 0. The first-order valence-corrected chi connectivity index (χ1v) is 8.55. The van der Waals surface area contributed by atoms with Gasteiger partial charge in [-0.25, -0.2) is 19.8 Å². The fourth-order valence-corrected chi connectivity index (χ4v) is 3.00. The lowest BCUT2D eigenvalue weighted by molar-refractivity contribution is 0.419. The molecule has 0 fully saturated rings. The highest BCUT2D eigenvalue weighted by molar-refractivity contribution is 5.97. The van der Waals surface area contributed by atoms with E-state index in [0.29, 0.717) is 34.3 Å². The van der Waals surface area contributed by atoms with Gasteiger partial charge in [-0.3, -0.25) is 4.98 Å². The standard InChI is InChI=1S/C21H16N6O/c1-22-15-6-4-5-13(9-15)14-10-16-19(18(11-14)28-3)26-21(27-20(16)23-2)17-12-24-7-8-25-17/h4-12H,2-3H3,(H,23,26,27). The number of aromatic nitrogens is 4. The van der Waals surface area contributed by atoms with Crippen LogP contribution in [0.15, 0.2) is 55.0 Å². The number of anilines is 1. The van der Waals surface area contributed by atoms with Gasteiger partial charge in [0.05, 0.1) is 19.9 Å². The summed E-state index contributed by atoms with van der Waals surface area (Å²) < 4.78 is 5.62. The Morgan fingerprint density at radius 1 is 1.07 bits per heavy atom. The van der Waals surface area contributed by atoms with Crippen LogP contribution in [0.1, 0.15) is 0 Å². The summed E-state index contributed by atoms with van der Waals surface area (Å²) in [6.45, 7) is 7.24. The van der Waals surface area contributed by atoms with Crippen molar-refractivity contribution in [3.8, 4) is 28.4 Å². The third kappa shape index (κ3) is 3.08. The molecule has 136 valence electrons. The summed E-state index contributed by atoms with van der Waals surface area (Å²) in [5, 5.41) is 3.95. The molecule has 0 bridgehead atoms. The molecule has 4 rings (SSSR count). The first-order chi connectivity index (χ1) is 13.7. The van der Waals surface area contributed by atoms with Gasteiger partial charge in [-0.2, -0.15) is 0 Å². The molecule has 0 radical (unpaired) electrons. The van der Waals surface area contributed by atoms with Gasteiger partial charge in [-0.15, -0.1) is 0 Å². The van der Waals surface area contributed by atoms with Crippen LogP contribution in [-0.2, 0) is 0 Å². The van der Waals surface area contributed by atoms with Crippen molar-refractivity contribution >= 4 is 22.4 Å². The van der Waals surface area contributed by atoms with E-state index in [1.165, 1.54) is 0 Å². The number of fused-ring (bicyclic) bond motifs is 1. The van der Waals surface area contributed by atoms with Crippen molar-refractivity contribution in [2.24, 2.45) is 0 Å². The molecule has 0 saturated carbocycles. The van der Waals surface area contributed by atoms with Crippen LogP contribution in [0.2, 0.25) is 0 Å². The molecular weight excluding hydrogens is 352 g/mol. The molecule has 0 atom stereocenters. The second-order valence-corrected chi connectivity index (χ2v) is 5.97. The van der Waals surface area contributed by atoms with Gasteiger partial charge in [0.15, 0.2) is 11.5 Å². The number of methoxy groups -OCH3 is 1. The first-order valence-electron chi connectivity index (χ1n) is 8.55. The van der Waals surface area contributed by atoms with Gasteiger partial charge in [0.2, 0.25) is 0 Å². The van der Waals surface area contributed by atoms with E-state index in [4.69, 9.17) is 11.3 Å². The highest BCUT2D eigenvalue weighted by atomic mass is 16.5. The zero-order chi connectivity index (χ0) is 19.5. The Morgan fingerprint density at radius 3 is 2.68 bits per heavy atom. The van der Waals surface area contributed by atoms with Crippen LogP contribution >= 0.6 is 0 Å². The van der Waals surface area contributed by atoms with Crippen LogP contribution in [0.25, 0.3) is 38.4 Å². The van der Waals surface area contributed by atoms with Crippen LogP contribution in [0.3, 0.4) is 0 Å². The molecular formula is C21H16N6O. The minimum atomic E-state index is 0.464. The number of benzene rings is 2. The Balaban J connectivity index is 1.97. The molecule has 7 nitrogen and oxygen atoms in total. The normalized spacial score (nSPS) is 10.5. The number of hydrogen-bond acceptors (Lipinski definition) is 6. The second-order valence-electron chi connectivity index (χ2n) is 5.97. The Bertz CT molecular complexity index is 1200. The van der Waals surface area contributed by atoms with Crippen molar-refractivity contribution in [2.75, 3.05) is 19.5 Å². The molecule has 1 N–H and O–H groups in total. The van der Waals surface area contributed by atoms with Gasteiger partial charge in [0.1, 0.15) is 22.8 Å². The first kappa shape index (κ1) is 17.4. The Morgan fingerprint density at radius 2 is 1.96 bits per heavy atom. The topological polar surface area (TPSA) is 77.2 Å². The van der Waals surface area contributed by atoms with E-state index in [2.05, 4.69) is 30.1 Å². The molecule has 4 aromatic rings. The van der Waals surface area contributed by atoms with Crippen molar-refractivity contribution < 1.29 is 4.74 Å². The number of hydrogen-bond donors (Lipinski definition) is 1. The summed E-state index contributed by atoms with van der Waals surface area (Å²) in [4.78, 5) is 21.2. The van der Waals surface area contributed by atoms with E-state index in [1.807, 2.05) is 30.3 Å². The van der Waals surface area contributed by atoms with Crippen LogP contribution in [0.5, 0.6) is 5.75 Å². The van der Waals surface area contributed by atoms with Crippen molar-refractivity contribution in [1.29, 1.82) is 0 Å². The molecule has 0 amide bonds. The average Bonchev–Trinajstić information content (AvgIpc) is 2.78. The van der Waals surface area contributed by atoms with Crippen molar-refractivity contribution in [3.63, 3.8) is 0 Å². The van der Waals surface area contributed by atoms with Crippen LogP contribution in [-0.4, -0.2) is 34.1 Å². The van der Waals surface area contributed by atoms with E-state index < -0.39 is 0 Å². The number of nitrogens with one attached hydrogen (secondary N) is 1. The minimum absolute atomic E-state index is 0.464. The molecule has 0 unspecified atom stereocenters. The fourth-order valence-electron chi connectivity index (χ4n) is 3.00. The molecule has 0 aliphatic carbocycles. The number of rotatable bonds is 4. The maximum absolute atomic E-state index is 7.24. The monoisotopic (exact) mass is 368 g/mol. The Kier molecular flexibility index (Phi) is 4.52. The van der Waals surface area contributed by atoms with Crippen molar-refractivity contribution in [1.82, 2.24) is 19.9 Å². The summed E-state index contributed by atoms with van der Waals surface area (Å²) in [5.41, 5.74) is 3.68. The lowest BCUT2D eigenvalue weighted by Gasteiger charge is -2.13. The highest BCUT2D eigenvalue weighted by Crippen LogP contribution is 2.36. The van der Waals surface area contributed by atoms with Gasteiger partial charge in [-0.05, 0) is 29.3 Å². The predicted molar refractivity (Wildman–Crippen MR) is 108 cm³/mol. The largest absolute Gasteiger partial charge is 0.494 e. The van der Waals surface area contributed by atoms with E-state index in [9.17, 15) is 0 Å². The zero-order valence-electron chi connectivity index (χ0n) is 15.3. The molecule has 2 aromatic carbocycles. The molecule has 2 aromatic heterocycles. The molecule has 0 saturated heterocycles. The SMILES string of the molecule is [C-]#[N+]c1cccc(-c2cc(OC)c3nc(-c4cnccn4)nc(NC)c3c2)c1. The predicted octanol–water partition coefficient (Wildman–Crippen LogP) is 4.35. The van der Waals surface area contributed by atoms with Gasteiger partial charge in [0, 0.05) is 24.8 Å². The lowest BCUT2D eigenvalue weighted by Crippen LogP contribution is -2.01. The van der Waals surface area contributed by atoms with E-state index in [0.717, 1.165) is 16.5 Å². The number of ether oxygens (including phenoxy) is 1. The maximum Gasteiger partial charge on any atom is 0.187 e. The summed E-state index contributed by atoms with van der Waals surface area (Å²) in [7, 11) is 3.41. The summed E-state index contributed by atoms with van der Waals surface area (Å²) in [6, 6.07) is 11.4. The zero-order valence-corrected chi connectivity index (χ0v) is 15.3. The third-order valence-corrected chi connectivity index (χ3v) is 4.32. The van der Waals surface area contributed by atoms with Crippen LogP contribution < -0.4 is 10.1 Å². The summed E-state index contributed by atoms with van der Waals surface area (Å²) in [5.74, 6) is 1.74. The maximum atomic E-state index is 7.24. The smallest absolute Gasteiger partial charge is 0.187 e. The fraction of sp³-hybridized carbons (Fsp3) is 0.0952. The molecule has 28 heavy (non-hydrogen) atoms. The third-order valence-electron chi connectivity index (χ3n) is 4.32. The van der Waals surface area contributed by atoms with Crippen molar-refractivity contribution in [2.45, 2.75) is 0 Å². The minimum Gasteiger partial charge on any atom is -0.494 e. The van der Waals surface area contributed by atoms with Crippen molar-refractivity contribution in [3.05, 3.63) is 66.4 Å². The highest BCUT2D eigenvalue weighted by Gasteiger charge is 2.15. The molecule has 0 aliphatic rings. The molecule has 0 aliphatic heterocycles. The molecule has 0 spiro atoms. The molecule has 2 heterocycles. The Labute approximate surface area is 161 Å². The van der Waals surface area contributed by atoms with Crippen LogP contribution in [0, 0.1) is 6.57 Å².